The van der Waals surface area contributed by atoms with Crippen LogP contribution in [0.5, 0.6) is 5.75 Å². The SMILES string of the molecule is COCOc1c(C)cc(C)cc1Pc1ccccc1C=NN1CCCCC1. The van der Waals surface area contributed by atoms with Gasteiger partial charge in [0.05, 0.1) is 6.21 Å². The van der Waals surface area contributed by atoms with Crippen LogP contribution in [0.4, 0.5) is 0 Å². The van der Waals surface area contributed by atoms with Crippen LogP contribution in [0.15, 0.2) is 41.5 Å². The molecule has 5 heteroatoms. The third-order valence-electron chi connectivity index (χ3n) is 4.66. The van der Waals surface area contributed by atoms with E-state index >= 15 is 0 Å². The van der Waals surface area contributed by atoms with E-state index in [0.717, 1.165) is 24.4 Å². The van der Waals surface area contributed by atoms with Gasteiger partial charge in [0.2, 0.25) is 0 Å². The molecule has 1 aliphatic rings. The average Bonchev–Trinajstić information content (AvgIpc) is 2.67. The van der Waals surface area contributed by atoms with Crippen LogP contribution in [0, 0.1) is 13.8 Å². The van der Waals surface area contributed by atoms with Crippen LogP contribution in [0.1, 0.15) is 36.0 Å². The monoisotopic (exact) mass is 384 g/mol. The second-order valence-corrected chi connectivity index (χ2v) is 8.31. The maximum absolute atomic E-state index is 5.88. The van der Waals surface area contributed by atoms with E-state index in [-0.39, 0.29) is 6.79 Å². The first-order valence-electron chi connectivity index (χ1n) is 9.55. The van der Waals surface area contributed by atoms with E-state index in [1.54, 1.807) is 7.11 Å². The normalized spacial score (nSPS) is 15.1. The number of methoxy groups -OCH3 is 1. The third-order valence-corrected chi connectivity index (χ3v) is 6.03. The Bertz CT molecular complexity index is 786. The van der Waals surface area contributed by atoms with Crippen LogP contribution in [0.25, 0.3) is 0 Å². The largest absolute Gasteiger partial charge is 0.467 e. The molecule has 0 amide bonds. The van der Waals surface area contributed by atoms with E-state index in [0.29, 0.717) is 8.58 Å². The molecule has 0 bridgehead atoms. The van der Waals surface area contributed by atoms with Crippen molar-refractivity contribution in [2.24, 2.45) is 5.10 Å². The predicted molar refractivity (Wildman–Crippen MR) is 115 cm³/mol. The number of hydrogen-bond donors (Lipinski definition) is 0. The lowest BCUT2D eigenvalue weighted by molar-refractivity contribution is 0.0514. The van der Waals surface area contributed by atoms with E-state index < -0.39 is 0 Å². The topological polar surface area (TPSA) is 34.1 Å². The molecular formula is C22H29N2O2P. The van der Waals surface area contributed by atoms with Gasteiger partial charge in [-0.2, -0.15) is 5.10 Å². The first-order chi connectivity index (χ1) is 13.2. The molecule has 1 atom stereocenters. The minimum atomic E-state index is 0.263. The van der Waals surface area contributed by atoms with Gasteiger partial charge in [-0.1, -0.05) is 38.9 Å². The maximum Gasteiger partial charge on any atom is 0.188 e. The van der Waals surface area contributed by atoms with Crippen molar-refractivity contribution in [3.05, 3.63) is 53.1 Å². The van der Waals surface area contributed by atoms with Gasteiger partial charge in [-0.25, -0.2) is 0 Å². The molecule has 144 valence electrons. The Hall–Kier alpha value is -1.90. The Morgan fingerprint density at radius 1 is 1.07 bits per heavy atom. The Balaban J connectivity index is 1.84. The van der Waals surface area contributed by atoms with E-state index in [1.165, 1.54) is 41.0 Å². The molecule has 1 heterocycles. The molecule has 0 aromatic heterocycles. The predicted octanol–water partition coefficient (Wildman–Crippen LogP) is 3.74. The molecule has 1 fully saturated rings. The number of nitrogens with zero attached hydrogens (tertiary/aromatic N) is 2. The zero-order chi connectivity index (χ0) is 19.1. The van der Waals surface area contributed by atoms with Crippen LogP contribution >= 0.6 is 8.58 Å². The molecule has 0 spiro atoms. The maximum atomic E-state index is 5.88. The summed E-state index contributed by atoms with van der Waals surface area (Å²) in [4.78, 5) is 0. The van der Waals surface area contributed by atoms with Crippen molar-refractivity contribution >= 4 is 25.4 Å². The van der Waals surface area contributed by atoms with Gasteiger partial charge in [0.25, 0.3) is 0 Å². The molecule has 2 aromatic rings. The van der Waals surface area contributed by atoms with Gasteiger partial charge in [-0.15, -0.1) is 0 Å². The van der Waals surface area contributed by atoms with Crippen molar-refractivity contribution < 1.29 is 9.47 Å². The molecule has 0 N–H and O–H groups in total. The summed E-state index contributed by atoms with van der Waals surface area (Å²) in [5.41, 5.74) is 3.58. The van der Waals surface area contributed by atoms with Gasteiger partial charge in [-0.05, 0) is 55.6 Å². The molecule has 27 heavy (non-hydrogen) atoms. The third kappa shape index (κ3) is 5.54. The number of hydrazone groups is 1. The standard InChI is InChI=1S/C22H29N2O2P/c1-17-13-18(2)22(26-16-25-3)21(14-17)27-20-10-6-5-9-19(20)15-23-24-11-7-4-8-12-24/h5-6,9-10,13-15,27H,4,7-8,11-12,16H2,1-3H3. The van der Waals surface area contributed by atoms with Gasteiger partial charge < -0.3 is 9.47 Å². The van der Waals surface area contributed by atoms with Crippen molar-refractivity contribution in [1.82, 2.24) is 5.01 Å². The molecule has 0 saturated carbocycles. The fourth-order valence-corrected chi connectivity index (χ4v) is 4.81. The molecule has 0 aliphatic carbocycles. The highest BCUT2D eigenvalue weighted by molar-refractivity contribution is 7.56. The molecule has 3 rings (SSSR count). The Kier molecular flexibility index (Phi) is 7.25. The van der Waals surface area contributed by atoms with Crippen molar-refractivity contribution in [3.8, 4) is 5.75 Å². The number of piperidine rings is 1. The smallest absolute Gasteiger partial charge is 0.188 e. The summed E-state index contributed by atoms with van der Waals surface area (Å²) in [7, 11) is 2.16. The molecule has 0 radical (unpaired) electrons. The van der Waals surface area contributed by atoms with E-state index in [4.69, 9.17) is 14.6 Å². The Morgan fingerprint density at radius 2 is 1.85 bits per heavy atom. The van der Waals surface area contributed by atoms with Crippen molar-refractivity contribution in [2.45, 2.75) is 33.1 Å². The summed E-state index contributed by atoms with van der Waals surface area (Å²) >= 11 is 0. The van der Waals surface area contributed by atoms with Gasteiger partial charge in [0.15, 0.2) is 6.79 Å². The second-order valence-electron chi connectivity index (χ2n) is 6.98. The van der Waals surface area contributed by atoms with Crippen molar-refractivity contribution in [2.75, 3.05) is 27.0 Å². The van der Waals surface area contributed by atoms with Gasteiger partial charge in [-0.3, -0.25) is 5.01 Å². The molecule has 1 unspecified atom stereocenters. The van der Waals surface area contributed by atoms with Crippen molar-refractivity contribution in [1.29, 1.82) is 0 Å². The highest BCUT2D eigenvalue weighted by Crippen LogP contribution is 2.25. The van der Waals surface area contributed by atoms with Crippen LogP contribution < -0.4 is 15.3 Å². The van der Waals surface area contributed by atoms with Crippen LogP contribution in [-0.2, 0) is 4.74 Å². The minimum absolute atomic E-state index is 0.263. The summed E-state index contributed by atoms with van der Waals surface area (Å²) in [5, 5.41) is 9.41. The van der Waals surface area contributed by atoms with E-state index in [2.05, 4.69) is 55.3 Å². The molecule has 4 nitrogen and oxygen atoms in total. The van der Waals surface area contributed by atoms with E-state index in [9.17, 15) is 0 Å². The lowest BCUT2D eigenvalue weighted by atomic mass is 10.1. The number of benzene rings is 2. The first kappa shape index (κ1) is 19.9. The fraction of sp³-hybridized carbons (Fsp3) is 0.409. The molecule has 1 saturated heterocycles. The summed E-state index contributed by atoms with van der Waals surface area (Å²) in [6.07, 6.45) is 5.82. The highest BCUT2D eigenvalue weighted by Gasteiger charge is 2.12. The molecule has 1 aliphatic heterocycles. The van der Waals surface area contributed by atoms with Gasteiger partial charge in [0, 0.05) is 31.1 Å². The first-order valence-corrected chi connectivity index (χ1v) is 10.6. The fourth-order valence-electron chi connectivity index (χ4n) is 3.36. The number of rotatable bonds is 7. The van der Waals surface area contributed by atoms with Gasteiger partial charge in [0.1, 0.15) is 5.75 Å². The second kappa shape index (κ2) is 9.87. The summed E-state index contributed by atoms with van der Waals surface area (Å²) in [5.74, 6) is 0.934. The van der Waals surface area contributed by atoms with Crippen LogP contribution in [0.3, 0.4) is 0 Å². The summed E-state index contributed by atoms with van der Waals surface area (Å²) in [6, 6.07) is 12.9. The van der Waals surface area contributed by atoms with Crippen LogP contribution in [-0.4, -0.2) is 38.2 Å². The number of aryl methyl sites for hydroxylation is 2. The Labute approximate surface area is 164 Å². The number of ether oxygens (including phenoxy) is 2. The molecular weight excluding hydrogens is 355 g/mol. The average molecular weight is 384 g/mol. The summed E-state index contributed by atoms with van der Waals surface area (Å²) < 4.78 is 11.0. The zero-order valence-corrected chi connectivity index (χ0v) is 17.5. The van der Waals surface area contributed by atoms with Crippen LogP contribution in [0.2, 0.25) is 0 Å². The Morgan fingerprint density at radius 3 is 2.63 bits per heavy atom. The summed E-state index contributed by atoms with van der Waals surface area (Å²) in [6.45, 7) is 6.61. The van der Waals surface area contributed by atoms with Crippen molar-refractivity contribution in [3.63, 3.8) is 0 Å². The van der Waals surface area contributed by atoms with E-state index in [1.807, 2.05) is 6.21 Å². The lowest BCUT2D eigenvalue weighted by Crippen LogP contribution is -2.25. The number of hydrogen-bond acceptors (Lipinski definition) is 4. The van der Waals surface area contributed by atoms with Gasteiger partial charge >= 0.3 is 0 Å². The highest BCUT2D eigenvalue weighted by atomic mass is 31.1. The zero-order valence-electron chi connectivity index (χ0n) is 16.5. The minimum Gasteiger partial charge on any atom is -0.467 e. The lowest BCUT2D eigenvalue weighted by Gasteiger charge is -2.23. The molecule has 2 aromatic carbocycles. The quantitative estimate of drug-likeness (QED) is 0.414.